The molecule has 0 fully saturated rings. The molecular formula is C17H13N5O4S. The third-order valence-electron chi connectivity index (χ3n) is 3.92. The monoisotopic (exact) mass is 383 g/mol. The minimum absolute atomic E-state index is 0.108. The molecule has 0 atom stereocenters. The van der Waals surface area contributed by atoms with E-state index in [1.54, 1.807) is 18.2 Å². The number of hydrogen-bond acceptors (Lipinski definition) is 8. The number of tetrazole rings is 1. The highest BCUT2D eigenvalue weighted by Crippen LogP contribution is 2.24. The minimum atomic E-state index is -0.643. The predicted octanol–water partition coefficient (Wildman–Crippen LogP) is 1.32. The third kappa shape index (κ3) is 3.75. The van der Waals surface area contributed by atoms with E-state index in [1.165, 1.54) is 11.3 Å². The lowest BCUT2D eigenvalue weighted by molar-refractivity contribution is -0.143. The first kappa shape index (κ1) is 17.0. The molecule has 0 radical (unpaired) electrons. The van der Waals surface area contributed by atoms with E-state index in [0.717, 1.165) is 15.9 Å². The molecule has 0 saturated heterocycles. The summed E-state index contributed by atoms with van der Waals surface area (Å²) in [6.45, 7) is -0.641. The predicted molar refractivity (Wildman–Crippen MR) is 95.2 cm³/mol. The van der Waals surface area contributed by atoms with Gasteiger partial charge in [-0.05, 0) is 40.4 Å². The maximum absolute atomic E-state index is 12.2. The fourth-order valence-corrected chi connectivity index (χ4v) is 3.25. The molecule has 0 spiro atoms. The Bertz CT molecular complexity index is 1030. The Morgan fingerprint density at radius 1 is 1.30 bits per heavy atom. The number of amides is 1. The molecule has 0 saturated carbocycles. The summed E-state index contributed by atoms with van der Waals surface area (Å²) in [6.07, 6.45) is 0.237. The van der Waals surface area contributed by atoms with E-state index in [0.29, 0.717) is 17.1 Å². The molecule has 0 bridgehead atoms. The number of hydrogen-bond donors (Lipinski definition) is 1. The Morgan fingerprint density at radius 3 is 3.00 bits per heavy atom. The molecule has 136 valence electrons. The number of carbonyl (C=O) groups excluding carboxylic acids is 3. The summed E-state index contributed by atoms with van der Waals surface area (Å²) in [4.78, 5) is 36.6. The molecule has 1 N–H and O–H groups in total. The van der Waals surface area contributed by atoms with Gasteiger partial charge in [-0.2, -0.15) is 16.1 Å². The number of carbonyl (C=O) groups is 3. The van der Waals surface area contributed by atoms with Crippen LogP contribution in [0, 0.1) is 0 Å². The number of fused-ring (bicyclic) bond motifs is 1. The van der Waals surface area contributed by atoms with Gasteiger partial charge in [-0.25, -0.2) is 4.79 Å². The highest BCUT2D eigenvalue weighted by atomic mass is 32.1. The van der Waals surface area contributed by atoms with Crippen LogP contribution in [-0.2, 0) is 27.3 Å². The van der Waals surface area contributed by atoms with Gasteiger partial charge in [0.05, 0.1) is 6.42 Å². The first-order valence-corrected chi connectivity index (χ1v) is 8.95. The van der Waals surface area contributed by atoms with Crippen molar-refractivity contribution in [3.05, 3.63) is 46.2 Å². The standard InChI is InChI=1S/C17H13N5O4S/c23-14(10-1-2-13-12(5-10)6-15(24)18-13)8-26-16(25)7-22-20-17(19-21-22)11-3-4-27-9-11/h1-5,9H,6-8H2,(H,18,24). The van der Waals surface area contributed by atoms with E-state index < -0.39 is 12.6 Å². The first-order chi connectivity index (χ1) is 13.1. The summed E-state index contributed by atoms with van der Waals surface area (Å²) in [5.74, 6) is -0.684. The summed E-state index contributed by atoms with van der Waals surface area (Å²) in [5.41, 5.74) is 2.66. The van der Waals surface area contributed by atoms with Crippen molar-refractivity contribution in [2.45, 2.75) is 13.0 Å². The van der Waals surface area contributed by atoms with E-state index in [9.17, 15) is 14.4 Å². The van der Waals surface area contributed by atoms with Crippen LogP contribution in [0.2, 0.25) is 0 Å². The van der Waals surface area contributed by atoms with E-state index in [2.05, 4.69) is 20.7 Å². The largest absolute Gasteiger partial charge is 0.456 e. The number of benzene rings is 1. The van der Waals surface area contributed by atoms with Gasteiger partial charge in [-0.1, -0.05) is 0 Å². The summed E-state index contributed by atoms with van der Waals surface area (Å²) >= 11 is 1.51. The number of Topliss-reactive ketones (excluding diaryl/α,β-unsaturated/α-hetero) is 1. The summed E-state index contributed by atoms with van der Waals surface area (Å²) in [5, 5.41) is 18.2. The second kappa shape index (κ2) is 7.08. The number of nitrogens with one attached hydrogen (secondary N) is 1. The Balaban J connectivity index is 1.32. The van der Waals surface area contributed by atoms with E-state index in [1.807, 2.05) is 16.8 Å². The zero-order chi connectivity index (χ0) is 18.8. The molecule has 27 heavy (non-hydrogen) atoms. The Labute approximate surface area is 157 Å². The molecule has 0 unspecified atom stereocenters. The van der Waals surface area contributed by atoms with Crippen LogP contribution in [0.5, 0.6) is 0 Å². The van der Waals surface area contributed by atoms with Crippen LogP contribution < -0.4 is 5.32 Å². The number of nitrogens with zero attached hydrogens (tertiary/aromatic N) is 4. The van der Waals surface area contributed by atoms with Crippen molar-refractivity contribution in [3.8, 4) is 11.4 Å². The number of thiophene rings is 1. The van der Waals surface area contributed by atoms with Crippen molar-refractivity contribution >= 4 is 34.7 Å². The SMILES string of the molecule is O=C1Cc2cc(C(=O)COC(=O)Cn3nnc(-c4ccsc4)n3)ccc2N1. The van der Waals surface area contributed by atoms with Gasteiger partial charge in [0.25, 0.3) is 0 Å². The number of anilines is 1. The van der Waals surface area contributed by atoms with Crippen molar-refractivity contribution in [2.75, 3.05) is 11.9 Å². The van der Waals surface area contributed by atoms with Crippen LogP contribution in [0.3, 0.4) is 0 Å². The lowest BCUT2D eigenvalue weighted by Gasteiger charge is -2.05. The topological polar surface area (TPSA) is 116 Å². The van der Waals surface area contributed by atoms with Crippen molar-refractivity contribution in [1.29, 1.82) is 0 Å². The van der Waals surface area contributed by atoms with Crippen LogP contribution in [0.15, 0.2) is 35.0 Å². The molecule has 1 aliphatic heterocycles. The Morgan fingerprint density at radius 2 is 2.19 bits per heavy atom. The minimum Gasteiger partial charge on any atom is -0.456 e. The number of aromatic nitrogens is 4. The van der Waals surface area contributed by atoms with Crippen LogP contribution in [0.25, 0.3) is 11.4 Å². The highest BCUT2D eigenvalue weighted by Gasteiger charge is 2.20. The lowest BCUT2D eigenvalue weighted by Crippen LogP contribution is -2.20. The van der Waals surface area contributed by atoms with Gasteiger partial charge < -0.3 is 10.1 Å². The molecular weight excluding hydrogens is 370 g/mol. The number of ether oxygens (including phenoxy) is 1. The highest BCUT2D eigenvalue weighted by molar-refractivity contribution is 7.08. The molecule has 3 aromatic rings. The van der Waals surface area contributed by atoms with Crippen molar-refractivity contribution < 1.29 is 19.1 Å². The van der Waals surface area contributed by atoms with Crippen LogP contribution in [-0.4, -0.2) is 44.5 Å². The van der Waals surface area contributed by atoms with Gasteiger partial charge in [0.15, 0.2) is 18.9 Å². The molecule has 4 rings (SSSR count). The third-order valence-corrected chi connectivity index (χ3v) is 4.60. The zero-order valence-corrected chi connectivity index (χ0v) is 14.7. The van der Waals surface area contributed by atoms with Gasteiger partial charge in [-0.3, -0.25) is 9.59 Å². The zero-order valence-electron chi connectivity index (χ0n) is 13.9. The average Bonchev–Trinajstić information content (AvgIpc) is 3.38. The van der Waals surface area contributed by atoms with Gasteiger partial charge >= 0.3 is 5.97 Å². The second-order valence-corrected chi connectivity index (χ2v) is 6.62. The second-order valence-electron chi connectivity index (χ2n) is 5.84. The van der Waals surface area contributed by atoms with Crippen molar-refractivity contribution in [3.63, 3.8) is 0 Å². The summed E-state index contributed by atoms with van der Waals surface area (Å²) in [6, 6.07) is 6.74. The van der Waals surface area contributed by atoms with Gasteiger partial charge in [0, 0.05) is 22.2 Å². The number of rotatable bonds is 6. The summed E-state index contributed by atoms with van der Waals surface area (Å²) in [7, 11) is 0. The molecule has 9 nitrogen and oxygen atoms in total. The summed E-state index contributed by atoms with van der Waals surface area (Å²) < 4.78 is 5.01. The number of esters is 1. The molecule has 1 aromatic carbocycles. The average molecular weight is 383 g/mol. The first-order valence-electron chi connectivity index (χ1n) is 8.00. The van der Waals surface area contributed by atoms with Gasteiger partial charge in [0.2, 0.25) is 11.7 Å². The maximum atomic E-state index is 12.2. The smallest absolute Gasteiger partial charge is 0.330 e. The molecule has 3 heterocycles. The van der Waals surface area contributed by atoms with Crippen molar-refractivity contribution in [1.82, 2.24) is 20.2 Å². The van der Waals surface area contributed by atoms with Crippen LogP contribution >= 0.6 is 11.3 Å². The van der Waals surface area contributed by atoms with Gasteiger partial charge in [-0.15, -0.1) is 10.2 Å². The lowest BCUT2D eigenvalue weighted by atomic mass is 10.1. The molecule has 0 aliphatic carbocycles. The van der Waals surface area contributed by atoms with E-state index >= 15 is 0 Å². The number of ketones is 1. The van der Waals surface area contributed by atoms with Crippen molar-refractivity contribution in [2.24, 2.45) is 0 Å². The Kier molecular flexibility index (Phi) is 4.47. The fourth-order valence-electron chi connectivity index (χ4n) is 2.61. The quantitative estimate of drug-likeness (QED) is 0.504. The normalized spacial score (nSPS) is 12.5. The van der Waals surface area contributed by atoms with Crippen LogP contribution in [0.1, 0.15) is 15.9 Å². The Hall–Kier alpha value is -3.40. The molecule has 10 heteroatoms. The molecule has 2 aromatic heterocycles. The molecule has 1 aliphatic rings. The van der Waals surface area contributed by atoms with E-state index in [4.69, 9.17) is 4.74 Å². The fraction of sp³-hybridized carbons (Fsp3) is 0.176. The maximum Gasteiger partial charge on any atom is 0.330 e. The van der Waals surface area contributed by atoms with Crippen LogP contribution in [0.4, 0.5) is 5.69 Å². The molecule has 1 amide bonds. The van der Waals surface area contributed by atoms with Gasteiger partial charge in [0.1, 0.15) is 0 Å². The van der Waals surface area contributed by atoms with E-state index in [-0.39, 0.29) is 24.7 Å².